The van der Waals surface area contributed by atoms with Crippen LogP contribution in [0.15, 0.2) is 29.2 Å². The van der Waals surface area contributed by atoms with Crippen LogP contribution in [0.5, 0.6) is 0 Å². The lowest BCUT2D eigenvalue weighted by Gasteiger charge is -2.29. The number of aromatic nitrogens is 2. The molecule has 0 bridgehead atoms. The minimum absolute atomic E-state index is 0.0977. The molecule has 2 heterocycles. The van der Waals surface area contributed by atoms with Crippen LogP contribution in [-0.2, 0) is 4.79 Å². The van der Waals surface area contributed by atoms with E-state index in [0.717, 1.165) is 36.2 Å². The number of nitrogens with one attached hydrogen (secondary N) is 1. The fourth-order valence-corrected chi connectivity index (χ4v) is 3.72. The zero-order chi connectivity index (χ0) is 19.6. The topological polar surface area (TPSA) is 67.2 Å². The Morgan fingerprint density at radius 2 is 1.93 bits per heavy atom. The lowest BCUT2D eigenvalue weighted by Crippen LogP contribution is -2.36. The van der Waals surface area contributed by atoms with Crippen LogP contribution in [0.2, 0.25) is 10.0 Å². The van der Waals surface area contributed by atoms with E-state index < -0.39 is 11.6 Å². The number of piperidine rings is 1. The number of aryl methyl sites for hydroxylation is 1. The molecule has 0 spiro atoms. The van der Waals surface area contributed by atoms with Gasteiger partial charge in [0.05, 0.1) is 22.6 Å². The Balaban J connectivity index is 1.84. The molecule has 1 aliphatic heterocycles. The first-order valence-electron chi connectivity index (χ1n) is 8.98. The molecule has 1 amide bonds. The van der Waals surface area contributed by atoms with E-state index in [1.807, 2.05) is 19.1 Å². The third-order valence-electron chi connectivity index (χ3n) is 4.84. The van der Waals surface area contributed by atoms with E-state index in [4.69, 9.17) is 23.2 Å². The van der Waals surface area contributed by atoms with Crippen molar-refractivity contribution in [3.05, 3.63) is 50.4 Å². The van der Waals surface area contributed by atoms with Gasteiger partial charge in [-0.15, -0.1) is 0 Å². The quantitative estimate of drug-likeness (QED) is 0.828. The van der Waals surface area contributed by atoms with Gasteiger partial charge < -0.3 is 10.2 Å². The summed E-state index contributed by atoms with van der Waals surface area (Å²) in [6.07, 6.45) is 4.88. The zero-order valence-corrected chi connectivity index (χ0v) is 16.8. The van der Waals surface area contributed by atoms with Crippen LogP contribution >= 0.6 is 23.2 Å². The van der Waals surface area contributed by atoms with E-state index in [1.54, 1.807) is 19.2 Å². The molecule has 1 aliphatic rings. The molecular formula is C19H22Cl2N4O2. The molecular weight excluding hydrogens is 387 g/mol. The maximum Gasteiger partial charge on any atom is 0.288 e. The summed E-state index contributed by atoms with van der Waals surface area (Å²) >= 11 is 12.5. The van der Waals surface area contributed by atoms with Crippen molar-refractivity contribution >= 4 is 40.5 Å². The smallest absolute Gasteiger partial charge is 0.288 e. The monoisotopic (exact) mass is 408 g/mol. The summed E-state index contributed by atoms with van der Waals surface area (Å²) < 4.78 is 1.11. The number of anilines is 2. The van der Waals surface area contributed by atoms with Crippen LogP contribution in [0.25, 0.3) is 0 Å². The molecule has 3 rings (SSSR count). The van der Waals surface area contributed by atoms with Gasteiger partial charge in [-0.3, -0.25) is 9.59 Å². The molecule has 0 aliphatic carbocycles. The molecule has 1 N–H and O–H groups in total. The third-order valence-corrected chi connectivity index (χ3v) is 5.51. The molecule has 27 heavy (non-hydrogen) atoms. The van der Waals surface area contributed by atoms with E-state index in [1.165, 1.54) is 6.42 Å². The van der Waals surface area contributed by atoms with Crippen molar-refractivity contribution in [3.63, 3.8) is 0 Å². The average molecular weight is 409 g/mol. The minimum Gasteiger partial charge on any atom is -0.369 e. The Hall–Kier alpha value is -2.05. The largest absolute Gasteiger partial charge is 0.369 e. The molecule has 144 valence electrons. The second kappa shape index (κ2) is 8.31. The first-order chi connectivity index (χ1) is 12.9. The van der Waals surface area contributed by atoms with Gasteiger partial charge in [0.1, 0.15) is 11.1 Å². The number of halogens is 2. The van der Waals surface area contributed by atoms with E-state index in [-0.39, 0.29) is 10.9 Å². The van der Waals surface area contributed by atoms with Crippen LogP contribution in [0.4, 0.5) is 11.4 Å². The van der Waals surface area contributed by atoms with Gasteiger partial charge in [-0.05, 0) is 44.7 Å². The lowest BCUT2D eigenvalue weighted by atomic mass is 10.1. The van der Waals surface area contributed by atoms with Crippen LogP contribution in [0, 0.1) is 6.92 Å². The zero-order valence-electron chi connectivity index (χ0n) is 15.3. The summed E-state index contributed by atoms with van der Waals surface area (Å²) in [4.78, 5) is 27.4. The molecule has 1 aromatic carbocycles. The molecule has 8 heteroatoms. The van der Waals surface area contributed by atoms with Crippen LogP contribution < -0.4 is 15.8 Å². The van der Waals surface area contributed by atoms with Gasteiger partial charge in [0.25, 0.3) is 5.56 Å². The molecule has 1 fully saturated rings. The van der Waals surface area contributed by atoms with E-state index in [0.29, 0.717) is 16.4 Å². The molecule has 0 radical (unpaired) electrons. The predicted octanol–water partition coefficient (Wildman–Crippen LogP) is 4.05. The lowest BCUT2D eigenvalue weighted by molar-refractivity contribution is -0.119. The van der Waals surface area contributed by atoms with E-state index in [2.05, 4.69) is 15.3 Å². The maximum atomic E-state index is 12.7. The van der Waals surface area contributed by atoms with Crippen molar-refractivity contribution in [2.75, 3.05) is 23.3 Å². The number of hydrogen-bond acceptors (Lipinski definition) is 4. The summed E-state index contributed by atoms with van der Waals surface area (Å²) in [5.41, 5.74) is 1.52. The van der Waals surface area contributed by atoms with Gasteiger partial charge in [0.2, 0.25) is 5.91 Å². The summed E-state index contributed by atoms with van der Waals surface area (Å²) in [6.45, 7) is 5.16. The molecule has 1 saturated heterocycles. The average Bonchev–Trinajstić information content (AvgIpc) is 2.67. The van der Waals surface area contributed by atoms with Gasteiger partial charge in [-0.25, -0.2) is 4.68 Å². The highest BCUT2D eigenvalue weighted by atomic mass is 35.5. The number of para-hydroxylation sites is 1. The van der Waals surface area contributed by atoms with Crippen LogP contribution in [-0.4, -0.2) is 28.8 Å². The number of benzene rings is 1. The highest BCUT2D eigenvalue weighted by molar-refractivity contribution is 6.34. The van der Waals surface area contributed by atoms with Crippen molar-refractivity contribution < 1.29 is 4.79 Å². The normalized spacial score (nSPS) is 15.5. The first kappa shape index (κ1) is 19.7. The van der Waals surface area contributed by atoms with Crippen molar-refractivity contribution in [3.8, 4) is 0 Å². The highest BCUT2D eigenvalue weighted by Crippen LogP contribution is 2.27. The SMILES string of the molecule is Cc1cccc(Cl)c1NC(=O)C(C)n1ncc(N2CCCCC2)c(Cl)c1=O. The molecule has 1 atom stereocenters. The van der Waals surface area contributed by atoms with Crippen molar-refractivity contribution in [1.29, 1.82) is 0 Å². The van der Waals surface area contributed by atoms with Gasteiger partial charge in [0.15, 0.2) is 0 Å². The fraction of sp³-hybridized carbons (Fsp3) is 0.421. The van der Waals surface area contributed by atoms with Gasteiger partial charge in [-0.2, -0.15) is 5.10 Å². The highest BCUT2D eigenvalue weighted by Gasteiger charge is 2.23. The van der Waals surface area contributed by atoms with E-state index in [9.17, 15) is 9.59 Å². The van der Waals surface area contributed by atoms with Crippen molar-refractivity contribution in [2.24, 2.45) is 0 Å². The number of nitrogens with zero attached hydrogens (tertiary/aromatic N) is 3. The maximum absolute atomic E-state index is 12.7. The second-order valence-electron chi connectivity index (χ2n) is 6.74. The van der Waals surface area contributed by atoms with Gasteiger partial charge in [0, 0.05) is 13.1 Å². The second-order valence-corrected chi connectivity index (χ2v) is 7.52. The summed E-state index contributed by atoms with van der Waals surface area (Å²) in [5.74, 6) is -0.386. The molecule has 0 saturated carbocycles. The number of carbonyl (C=O) groups is 1. The number of hydrogen-bond donors (Lipinski definition) is 1. The molecule has 1 aromatic heterocycles. The first-order valence-corrected chi connectivity index (χ1v) is 9.74. The van der Waals surface area contributed by atoms with Crippen molar-refractivity contribution in [1.82, 2.24) is 9.78 Å². The standard InChI is InChI=1S/C19H22Cl2N4O2/c1-12-7-6-8-14(20)17(12)23-18(26)13(2)25-19(27)16(21)15(11-22-25)24-9-4-3-5-10-24/h6-8,11,13H,3-5,9-10H2,1-2H3,(H,23,26). The van der Waals surface area contributed by atoms with E-state index >= 15 is 0 Å². The van der Waals surface area contributed by atoms with Gasteiger partial charge in [-0.1, -0.05) is 35.3 Å². The number of amides is 1. The molecule has 6 nitrogen and oxygen atoms in total. The van der Waals surface area contributed by atoms with Crippen LogP contribution in [0.3, 0.4) is 0 Å². The summed E-state index contributed by atoms with van der Waals surface area (Å²) in [7, 11) is 0. The Morgan fingerprint density at radius 3 is 2.59 bits per heavy atom. The van der Waals surface area contributed by atoms with Gasteiger partial charge >= 0.3 is 0 Å². The number of carbonyl (C=O) groups excluding carboxylic acids is 1. The predicted molar refractivity (Wildman–Crippen MR) is 109 cm³/mol. The molecule has 1 unspecified atom stereocenters. The Kier molecular flexibility index (Phi) is 6.07. The Bertz CT molecular complexity index is 887. The summed E-state index contributed by atoms with van der Waals surface area (Å²) in [5, 5.41) is 7.52. The fourth-order valence-electron chi connectivity index (χ4n) is 3.20. The minimum atomic E-state index is -0.832. The Labute approximate surface area is 168 Å². The third kappa shape index (κ3) is 4.12. The number of rotatable bonds is 4. The Morgan fingerprint density at radius 1 is 1.22 bits per heavy atom. The van der Waals surface area contributed by atoms with Crippen LogP contribution in [0.1, 0.15) is 37.8 Å². The summed E-state index contributed by atoms with van der Waals surface area (Å²) in [6, 6.07) is 4.52. The molecule has 2 aromatic rings. The van der Waals surface area contributed by atoms with Crippen molar-refractivity contribution in [2.45, 2.75) is 39.2 Å².